The number of rotatable bonds is 2. The predicted molar refractivity (Wildman–Crippen MR) is 72.5 cm³/mol. The molecule has 0 saturated heterocycles. The molecule has 0 radical (unpaired) electrons. The van der Waals surface area contributed by atoms with Gasteiger partial charge in [-0.05, 0) is 39.7 Å². The molecule has 1 unspecified atom stereocenters. The van der Waals surface area contributed by atoms with E-state index in [1.165, 1.54) is 23.5 Å². The summed E-state index contributed by atoms with van der Waals surface area (Å²) in [6.45, 7) is 0. The van der Waals surface area contributed by atoms with Crippen LogP contribution in [0.2, 0.25) is 10.0 Å². The van der Waals surface area contributed by atoms with Crippen molar-refractivity contribution >= 4 is 50.5 Å². The average molecular weight is 356 g/mol. The van der Waals surface area contributed by atoms with E-state index in [4.69, 9.17) is 23.2 Å². The largest absolute Gasteiger partial charge is 0.383 e. The van der Waals surface area contributed by atoms with E-state index in [1.807, 2.05) is 0 Å². The van der Waals surface area contributed by atoms with Gasteiger partial charge in [0.25, 0.3) is 0 Å². The zero-order valence-electron chi connectivity index (χ0n) is 8.25. The first-order chi connectivity index (χ1) is 7.99. The standard InChI is InChI=1S/C11H6BrCl2FOS/c12-11-7(14)4-9(17-11)10(16)5-1-2-6(13)8(15)3-5/h1-4,10,16H. The maximum Gasteiger partial charge on any atom is 0.142 e. The highest BCUT2D eigenvalue weighted by Crippen LogP contribution is 2.37. The molecule has 1 atom stereocenters. The van der Waals surface area contributed by atoms with Crippen molar-refractivity contribution in [1.29, 1.82) is 0 Å². The van der Waals surface area contributed by atoms with Crippen molar-refractivity contribution in [2.45, 2.75) is 6.10 Å². The van der Waals surface area contributed by atoms with Gasteiger partial charge >= 0.3 is 0 Å². The molecule has 1 aromatic carbocycles. The quantitative estimate of drug-likeness (QED) is 0.800. The lowest BCUT2D eigenvalue weighted by Gasteiger charge is -2.09. The highest BCUT2D eigenvalue weighted by molar-refractivity contribution is 9.11. The van der Waals surface area contributed by atoms with E-state index < -0.39 is 11.9 Å². The number of benzene rings is 1. The van der Waals surface area contributed by atoms with Gasteiger partial charge in [0.15, 0.2) is 0 Å². The SMILES string of the molecule is OC(c1ccc(Cl)c(F)c1)c1cc(Cl)c(Br)s1. The molecule has 6 heteroatoms. The molecule has 1 heterocycles. The number of thiophene rings is 1. The number of halogens is 4. The molecule has 1 aromatic heterocycles. The first-order valence-corrected chi connectivity index (χ1v) is 6.93. The van der Waals surface area contributed by atoms with Gasteiger partial charge in [-0.15, -0.1) is 11.3 Å². The van der Waals surface area contributed by atoms with Crippen molar-refractivity contribution in [3.8, 4) is 0 Å². The minimum Gasteiger partial charge on any atom is -0.383 e. The van der Waals surface area contributed by atoms with Crippen molar-refractivity contribution < 1.29 is 9.50 Å². The van der Waals surface area contributed by atoms with Crippen molar-refractivity contribution in [3.05, 3.63) is 54.4 Å². The molecule has 0 saturated carbocycles. The van der Waals surface area contributed by atoms with Gasteiger partial charge in [-0.3, -0.25) is 0 Å². The number of aliphatic hydroxyl groups is 1. The fourth-order valence-corrected chi connectivity index (χ4v) is 3.22. The second-order valence-electron chi connectivity index (χ2n) is 3.35. The van der Waals surface area contributed by atoms with Crippen LogP contribution in [0.5, 0.6) is 0 Å². The summed E-state index contributed by atoms with van der Waals surface area (Å²) in [4.78, 5) is 0.642. The van der Waals surface area contributed by atoms with Crippen molar-refractivity contribution in [1.82, 2.24) is 0 Å². The molecule has 0 amide bonds. The van der Waals surface area contributed by atoms with Crippen LogP contribution >= 0.6 is 50.5 Å². The van der Waals surface area contributed by atoms with Gasteiger partial charge in [0.2, 0.25) is 0 Å². The highest BCUT2D eigenvalue weighted by Gasteiger charge is 2.16. The fourth-order valence-electron chi connectivity index (χ4n) is 1.34. The lowest BCUT2D eigenvalue weighted by Crippen LogP contribution is -1.97. The van der Waals surface area contributed by atoms with E-state index in [1.54, 1.807) is 12.1 Å². The highest BCUT2D eigenvalue weighted by atomic mass is 79.9. The lowest BCUT2D eigenvalue weighted by atomic mass is 10.1. The summed E-state index contributed by atoms with van der Waals surface area (Å²) in [5, 5.41) is 10.6. The molecule has 1 N–H and O–H groups in total. The van der Waals surface area contributed by atoms with Gasteiger partial charge in [-0.1, -0.05) is 29.3 Å². The van der Waals surface area contributed by atoms with Crippen LogP contribution in [0.15, 0.2) is 28.1 Å². The van der Waals surface area contributed by atoms with Crippen molar-refractivity contribution in [3.63, 3.8) is 0 Å². The predicted octanol–water partition coefficient (Wildman–Crippen LogP) is 5.04. The third kappa shape index (κ3) is 2.83. The van der Waals surface area contributed by atoms with E-state index in [9.17, 15) is 9.50 Å². The zero-order valence-corrected chi connectivity index (χ0v) is 12.2. The maximum atomic E-state index is 13.3. The molecule has 0 bridgehead atoms. The first kappa shape index (κ1) is 13.3. The Kier molecular flexibility index (Phi) is 4.10. The van der Waals surface area contributed by atoms with Crippen LogP contribution in [0, 0.1) is 5.82 Å². The Hall–Kier alpha value is -0.130. The molecule has 0 fully saturated rings. The Bertz CT molecular complexity index is 539. The van der Waals surface area contributed by atoms with E-state index in [0.717, 1.165) is 3.79 Å². The second kappa shape index (κ2) is 5.24. The minimum absolute atomic E-state index is 0.0337. The van der Waals surface area contributed by atoms with E-state index >= 15 is 0 Å². The normalized spacial score (nSPS) is 12.8. The molecule has 0 aliphatic heterocycles. The molecule has 90 valence electrons. The summed E-state index contributed by atoms with van der Waals surface area (Å²) in [7, 11) is 0. The topological polar surface area (TPSA) is 20.2 Å². The van der Waals surface area contributed by atoms with Crippen molar-refractivity contribution in [2.24, 2.45) is 0 Å². The monoisotopic (exact) mass is 354 g/mol. The van der Waals surface area contributed by atoms with Gasteiger partial charge in [0.1, 0.15) is 11.9 Å². The fraction of sp³-hybridized carbons (Fsp3) is 0.0909. The smallest absolute Gasteiger partial charge is 0.142 e. The molecule has 1 nitrogen and oxygen atoms in total. The Morgan fingerprint density at radius 1 is 1.24 bits per heavy atom. The van der Waals surface area contributed by atoms with Gasteiger partial charge in [0.05, 0.1) is 13.8 Å². The number of aliphatic hydroxyl groups excluding tert-OH is 1. The van der Waals surface area contributed by atoms with Gasteiger partial charge < -0.3 is 5.11 Å². The van der Waals surface area contributed by atoms with Gasteiger partial charge in [-0.25, -0.2) is 4.39 Å². The molecule has 0 spiro atoms. The Morgan fingerprint density at radius 2 is 1.94 bits per heavy atom. The van der Waals surface area contributed by atoms with Gasteiger partial charge in [0, 0.05) is 4.88 Å². The number of hydrogen-bond acceptors (Lipinski definition) is 2. The second-order valence-corrected chi connectivity index (χ2v) is 6.56. The molecule has 0 aliphatic rings. The van der Waals surface area contributed by atoms with Crippen LogP contribution in [0.25, 0.3) is 0 Å². The maximum absolute atomic E-state index is 13.3. The Labute approximate surface area is 120 Å². The van der Waals surface area contributed by atoms with Crippen LogP contribution in [-0.2, 0) is 0 Å². The summed E-state index contributed by atoms with van der Waals surface area (Å²) < 4.78 is 14.0. The lowest BCUT2D eigenvalue weighted by molar-refractivity contribution is 0.223. The van der Waals surface area contributed by atoms with E-state index in [-0.39, 0.29) is 5.02 Å². The van der Waals surface area contributed by atoms with Gasteiger partial charge in [-0.2, -0.15) is 0 Å². The zero-order chi connectivity index (χ0) is 12.6. The third-order valence-electron chi connectivity index (χ3n) is 2.19. The summed E-state index contributed by atoms with van der Waals surface area (Å²) in [6.07, 6.45) is -0.907. The summed E-state index contributed by atoms with van der Waals surface area (Å²) in [6, 6.07) is 5.86. The van der Waals surface area contributed by atoms with E-state index in [0.29, 0.717) is 15.5 Å². The molecular formula is C11H6BrCl2FOS. The molecule has 2 aromatic rings. The summed E-state index contributed by atoms with van der Waals surface area (Å²) in [5.41, 5.74) is 0.442. The molecule has 17 heavy (non-hydrogen) atoms. The van der Waals surface area contributed by atoms with Crippen LogP contribution in [0.1, 0.15) is 16.5 Å². The Balaban J connectivity index is 2.36. The number of hydrogen-bond donors (Lipinski definition) is 1. The third-order valence-corrected chi connectivity index (χ3v) is 5.03. The summed E-state index contributed by atoms with van der Waals surface area (Å²) >= 11 is 16.0. The minimum atomic E-state index is -0.907. The van der Waals surface area contributed by atoms with E-state index in [2.05, 4.69) is 15.9 Å². The molecule has 2 rings (SSSR count). The first-order valence-electron chi connectivity index (χ1n) is 4.57. The summed E-state index contributed by atoms with van der Waals surface area (Å²) in [5.74, 6) is -0.551. The van der Waals surface area contributed by atoms with Crippen LogP contribution < -0.4 is 0 Å². The van der Waals surface area contributed by atoms with Crippen LogP contribution in [0.4, 0.5) is 4.39 Å². The molecular weight excluding hydrogens is 350 g/mol. The Morgan fingerprint density at radius 3 is 2.47 bits per heavy atom. The van der Waals surface area contributed by atoms with Crippen molar-refractivity contribution in [2.75, 3.05) is 0 Å². The average Bonchev–Trinajstić information content (AvgIpc) is 2.62. The molecule has 0 aliphatic carbocycles. The van der Waals surface area contributed by atoms with Crippen LogP contribution in [0.3, 0.4) is 0 Å². The van der Waals surface area contributed by atoms with Crippen LogP contribution in [-0.4, -0.2) is 5.11 Å².